The molecule has 3 rings (SSSR count). The summed E-state index contributed by atoms with van der Waals surface area (Å²) in [5, 5.41) is 2.93. The summed E-state index contributed by atoms with van der Waals surface area (Å²) < 4.78 is 54.1. The molecule has 3 amide bonds. The molecule has 1 saturated carbocycles. The lowest BCUT2D eigenvalue weighted by Gasteiger charge is -2.38. The van der Waals surface area contributed by atoms with Crippen molar-refractivity contribution in [2.24, 2.45) is 5.92 Å². The maximum Gasteiger partial charge on any atom is 0.471 e. The number of urea groups is 1. The fourth-order valence-electron chi connectivity index (χ4n) is 5.35. The van der Waals surface area contributed by atoms with Crippen molar-refractivity contribution in [1.82, 2.24) is 9.80 Å². The number of fused-ring (bicyclic) bond motifs is 1. The van der Waals surface area contributed by atoms with Crippen LogP contribution in [-0.4, -0.2) is 87.2 Å². The van der Waals surface area contributed by atoms with Crippen LogP contribution in [0.4, 0.5) is 23.7 Å². The van der Waals surface area contributed by atoms with Crippen molar-refractivity contribution >= 4 is 23.6 Å². The maximum absolute atomic E-state index is 13.5. The molecular weight excluding hydrogens is 519 g/mol. The van der Waals surface area contributed by atoms with E-state index in [9.17, 15) is 27.6 Å². The number of nitrogens with zero attached hydrogens (tertiary/aromatic N) is 2. The molecular formula is C27H38F3N3O6. The fraction of sp³-hybridized carbons (Fsp3) is 0.667. The Bertz CT molecular complexity index is 993. The van der Waals surface area contributed by atoms with Crippen LogP contribution < -0.4 is 5.32 Å². The van der Waals surface area contributed by atoms with E-state index in [1.807, 2.05) is 0 Å². The molecule has 0 unspecified atom stereocenters. The highest BCUT2D eigenvalue weighted by Gasteiger charge is 2.42. The van der Waals surface area contributed by atoms with E-state index in [1.165, 1.54) is 21.3 Å². The second-order valence-electron chi connectivity index (χ2n) is 10.0. The Hall–Kier alpha value is -2.86. The van der Waals surface area contributed by atoms with Crippen LogP contribution in [0.2, 0.25) is 0 Å². The van der Waals surface area contributed by atoms with Crippen LogP contribution >= 0.6 is 0 Å². The van der Waals surface area contributed by atoms with Crippen LogP contribution in [0.1, 0.15) is 49.7 Å². The van der Waals surface area contributed by atoms with E-state index < -0.39 is 18.4 Å². The summed E-state index contributed by atoms with van der Waals surface area (Å²) in [6, 6.07) is 4.91. The first-order valence-electron chi connectivity index (χ1n) is 13.2. The van der Waals surface area contributed by atoms with Gasteiger partial charge in [-0.2, -0.15) is 13.2 Å². The summed E-state index contributed by atoms with van der Waals surface area (Å²) in [7, 11) is 4.39. The molecule has 1 aliphatic heterocycles. The van der Waals surface area contributed by atoms with Gasteiger partial charge in [-0.1, -0.05) is 6.07 Å². The monoisotopic (exact) mass is 557 g/mol. The molecule has 39 heavy (non-hydrogen) atoms. The molecule has 1 fully saturated rings. The Morgan fingerprint density at radius 2 is 1.67 bits per heavy atom. The molecule has 1 heterocycles. The Labute approximate surface area is 226 Å². The van der Waals surface area contributed by atoms with Gasteiger partial charge < -0.3 is 29.3 Å². The number of anilines is 1. The number of benzene rings is 1. The number of carbonyl (C=O) groups excluding carboxylic acids is 3. The summed E-state index contributed by atoms with van der Waals surface area (Å²) in [6.07, 6.45) is -0.518. The standard InChI is InChI=1S/C27H38F3N3O6/c1-37-23(34)11-6-18-4-9-22(10-5-18)33(17-24(38-2)39-3)26(36)31-21-8-7-19-12-14-32(15-13-20(19)16-21)25(35)27(28,29)30/h7-8,16,18,22,24H,4-6,9-15,17H2,1-3H3,(H,31,36). The van der Waals surface area contributed by atoms with Crippen molar-refractivity contribution < 1.29 is 41.8 Å². The van der Waals surface area contributed by atoms with E-state index in [2.05, 4.69) is 5.32 Å². The predicted molar refractivity (Wildman–Crippen MR) is 137 cm³/mol. The minimum Gasteiger partial charge on any atom is -0.469 e. The molecule has 0 aromatic heterocycles. The van der Waals surface area contributed by atoms with Crippen molar-refractivity contribution in [1.29, 1.82) is 0 Å². The van der Waals surface area contributed by atoms with Gasteiger partial charge in [0.1, 0.15) is 0 Å². The molecule has 12 heteroatoms. The molecule has 218 valence electrons. The van der Waals surface area contributed by atoms with Gasteiger partial charge in [-0.05, 0) is 74.1 Å². The zero-order chi connectivity index (χ0) is 28.6. The van der Waals surface area contributed by atoms with Crippen molar-refractivity contribution in [3.8, 4) is 0 Å². The molecule has 0 saturated heterocycles. The van der Waals surface area contributed by atoms with Gasteiger partial charge in [0, 0.05) is 45.5 Å². The third-order valence-electron chi connectivity index (χ3n) is 7.66. The Morgan fingerprint density at radius 1 is 1.03 bits per heavy atom. The van der Waals surface area contributed by atoms with E-state index in [4.69, 9.17) is 14.2 Å². The van der Waals surface area contributed by atoms with Crippen LogP contribution in [-0.2, 0) is 36.6 Å². The first-order chi connectivity index (χ1) is 18.5. The number of halogens is 3. The average molecular weight is 558 g/mol. The predicted octanol–water partition coefficient (Wildman–Crippen LogP) is 4.14. The maximum atomic E-state index is 13.5. The number of methoxy groups -OCH3 is 3. The molecule has 0 spiro atoms. The molecule has 0 bridgehead atoms. The van der Waals surface area contributed by atoms with Gasteiger partial charge >= 0.3 is 24.1 Å². The summed E-state index contributed by atoms with van der Waals surface area (Å²) in [5.74, 6) is -1.66. The molecule has 1 aliphatic carbocycles. The number of hydrogen-bond acceptors (Lipinski definition) is 6. The minimum absolute atomic E-state index is 0.0114. The van der Waals surface area contributed by atoms with Crippen LogP contribution in [0, 0.1) is 5.92 Å². The van der Waals surface area contributed by atoms with Gasteiger partial charge in [-0.3, -0.25) is 9.59 Å². The highest BCUT2D eigenvalue weighted by atomic mass is 19.4. The number of hydrogen-bond donors (Lipinski definition) is 1. The lowest BCUT2D eigenvalue weighted by molar-refractivity contribution is -0.185. The summed E-state index contributed by atoms with van der Waals surface area (Å²) in [4.78, 5) is 39.2. The molecule has 1 N–H and O–H groups in total. The molecule has 1 aromatic carbocycles. The Kier molecular flexibility index (Phi) is 11.0. The highest BCUT2D eigenvalue weighted by molar-refractivity contribution is 5.89. The first-order valence-corrected chi connectivity index (χ1v) is 13.2. The van der Waals surface area contributed by atoms with Crippen molar-refractivity contribution in [2.45, 2.75) is 69.9 Å². The SMILES string of the molecule is COC(=O)CCC1CCC(N(CC(OC)OC)C(=O)Nc2ccc3c(c2)CCN(C(=O)C(F)(F)F)CC3)CC1. The second-order valence-corrected chi connectivity index (χ2v) is 10.0. The van der Waals surface area contributed by atoms with E-state index in [0.717, 1.165) is 48.1 Å². The number of esters is 1. The Balaban J connectivity index is 1.66. The quantitative estimate of drug-likeness (QED) is 0.362. The number of nitrogens with one attached hydrogen (secondary N) is 1. The average Bonchev–Trinajstić information content (AvgIpc) is 3.14. The number of amides is 3. The molecule has 0 radical (unpaired) electrons. The van der Waals surface area contributed by atoms with Crippen LogP contribution in [0.25, 0.3) is 0 Å². The summed E-state index contributed by atoms with van der Waals surface area (Å²) >= 11 is 0. The largest absolute Gasteiger partial charge is 0.471 e. The fourth-order valence-corrected chi connectivity index (χ4v) is 5.35. The first kappa shape index (κ1) is 30.7. The smallest absolute Gasteiger partial charge is 0.469 e. The van der Waals surface area contributed by atoms with Gasteiger partial charge in [0.05, 0.1) is 13.7 Å². The zero-order valence-corrected chi connectivity index (χ0v) is 22.7. The Morgan fingerprint density at radius 3 is 2.26 bits per heavy atom. The number of carbonyl (C=O) groups is 3. The summed E-state index contributed by atoms with van der Waals surface area (Å²) in [6.45, 7) is 0.162. The number of alkyl halides is 3. The van der Waals surface area contributed by atoms with E-state index in [0.29, 0.717) is 24.4 Å². The van der Waals surface area contributed by atoms with Gasteiger partial charge in [-0.25, -0.2) is 4.79 Å². The topological polar surface area (TPSA) is 97.4 Å². The lowest BCUT2D eigenvalue weighted by atomic mass is 9.83. The van der Waals surface area contributed by atoms with Crippen molar-refractivity contribution in [2.75, 3.05) is 46.3 Å². The van der Waals surface area contributed by atoms with Crippen LogP contribution in [0.5, 0.6) is 0 Å². The van der Waals surface area contributed by atoms with Crippen molar-refractivity contribution in [3.63, 3.8) is 0 Å². The van der Waals surface area contributed by atoms with Gasteiger partial charge in [0.25, 0.3) is 0 Å². The van der Waals surface area contributed by atoms with Crippen molar-refractivity contribution in [3.05, 3.63) is 29.3 Å². The number of ether oxygens (including phenoxy) is 3. The third kappa shape index (κ3) is 8.56. The van der Waals surface area contributed by atoms with Crippen LogP contribution in [0.15, 0.2) is 18.2 Å². The zero-order valence-electron chi connectivity index (χ0n) is 22.7. The second kappa shape index (κ2) is 14.0. The molecule has 9 nitrogen and oxygen atoms in total. The highest BCUT2D eigenvalue weighted by Crippen LogP contribution is 2.32. The van der Waals surface area contributed by atoms with Gasteiger partial charge in [-0.15, -0.1) is 0 Å². The van der Waals surface area contributed by atoms with E-state index in [-0.39, 0.29) is 44.1 Å². The van der Waals surface area contributed by atoms with Gasteiger partial charge in [0.2, 0.25) is 0 Å². The summed E-state index contributed by atoms with van der Waals surface area (Å²) in [5.41, 5.74) is 2.18. The third-order valence-corrected chi connectivity index (χ3v) is 7.66. The number of rotatable bonds is 9. The molecule has 1 aromatic rings. The van der Waals surface area contributed by atoms with E-state index in [1.54, 1.807) is 23.1 Å². The minimum atomic E-state index is -4.90. The van der Waals surface area contributed by atoms with Crippen LogP contribution in [0.3, 0.4) is 0 Å². The normalized spacial score (nSPS) is 19.7. The van der Waals surface area contributed by atoms with Gasteiger partial charge in [0.15, 0.2) is 6.29 Å². The van der Waals surface area contributed by atoms with E-state index >= 15 is 0 Å². The molecule has 2 aliphatic rings. The lowest BCUT2D eigenvalue weighted by Crippen LogP contribution is -2.48. The molecule has 0 atom stereocenters.